The molecule has 0 spiro atoms. The molecule has 4 rings (SSSR count). The van der Waals surface area contributed by atoms with Crippen LogP contribution in [0.2, 0.25) is 0 Å². The van der Waals surface area contributed by atoms with Crippen LogP contribution < -0.4 is 5.32 Å². The third-order valence-electron chi connectivity index (χ3n) is 4.05. The van der Waals surface area contributed by atoms with Crippen LogP contribution in [0.15, 0.2) is 72.9 Å². The molecule has 6 nitrogen and oxygen atoms in total. The Labute approximate surface area is 149 Å². The summed E-state index contributed by atoms with van der Waals surface area (Å²) < 4.78 is 0. The van der Waals surface area contributed by atoms with Crippen molar-refractivity contribution in [3.05, 3.63) is 78.8 Å². The molecule has 3 aromatic carbocycles. The van der Waals surface area contributed by atoms with Crippen LogP contribution in [-0.4, -0.2) is 20.6 Å². The maximum atomic E-state index is 9.25. The molecule has 0 atom stereocenters. The topological polar surface area (TPSA) is 90.3 Å². The number of nitriles is 1. The zero-order chi connectivity index (χ0) is 17.8. The van der Waals surface area contributed by atoms with E-state index in [0.29, 0.717) is 5.57 Å². The zero-order valence-electron chi connectivity index (χ0n) is 13.7. The monoisotopic (exact) mass is 338 g/mol. The van der Waals surface area contributed by atoms with Crippen molar-refractivity contribution < 1.29 is 0 Å². The summed E-state index contributed by atoms with van der Waals surface area (Å²) >= 11 is 0. The summed E-state index contributed by atoms with van der Waals surface area (Å²) in [5, 5.41) is 28.2. The van der Waals surface area contributed by atoms with Gasteiger partial charge in [0.15, 0.2) is 0 Å². The lowest BCUT2D eigenvalue weighted by Crippen LogP contribution is -1.93. The first kappa shape index (κ1) is 15.5. The van der Waals surface area contributed by atoms with Gasteiger partial charge in [0.05, 0.1) is 0 Å². The van der Waals surface area contributed by atoms with Crippen LogP contribution in [0.25, 0.3) is 27.5 Å². The van der Waals surface area contributed by atoms with Crippen LogP contribution in [0.5, 0.6) is 0 Å². The number of hydrogen-bond donors (Lipinski definition) is 2. The second kappa shape index (κ2) is 6.87. The van der Waals surface area contributed by atoms with Gasteiger partial charge in [-0.1, -0.05) is 54.6 Å². The Morgan fingerprint density at radius 2 is 1.88 bits per heavy atom. The van der Waals surface area contributed by atoms with Crippen LogP contribution >= 0.6 is 0 Å². The lowest BCUT2D eigenvalue weighted by molar-refractivity contribution is 0.881. The average molecular weight is 338 g/mol. The van der Waals surface area contributed by atoms with E-state index in [9.17, 15) is 5.26 Å². The van der Waals surface area contributed by atoms with Crippen molar-refractivity contribution in [1.82, 2.24) is 20.6 Å². The van der Waals surface area contributed by atoms with E-state index in [1.165, 1.54) is 10.8 Å². The van der Waals surface area contributed by atoms with Gasteiger partial charge in [0, 0.05) is 11.9 Å². The highest BCUT2D eigenvalue weighted by atomic mass is 15.5. The number of aromatic amines is 1. The molecule has 0 saturated carbocycles. The lowest BCUT2D eigenvalue weighted by atomic mass is 9.98. The predicted molar refractivity (Wildman–Crippen MR) is 101 cm³/mol. The van der Waals surface area contributed by atoms with E-state index in [4.69, 9.17) is 0 Å². The van der Waals surface area contributed by atoms with Crippen LogP contribution in [0, 0.1) is 11.3 Å². The Kier molecular flexibility index (Phi) is 4.11. The maximum absolute atomic E-state index is 9.25. The highest BCUT2D eigenvalue weighted by Crippen LogP contribution is 2.30. The van der Waals surface area contributed by atoms with Gasteiger partial charge in [-0.25, -0.2) is 0 Å². The fourth-order valence-corrected chi connectivity index (χ4v) is 2.83. The number of nitrogens with zero attached hydrogens (tertiary/aromatic N) is 4. The van der Waals surface area contributed by atoms with Crippen LogP contribution in [-0.2, 0) is 0 Å². The molecule has 4 aromatic rings. The third-order valence-corrected chi connectivity index (χ3v) is 4.05. The first-order valence-electron chi connectivity index (χ1n) is 8.04. The largest absolute Gasteiger partial charge is 0.360 e. The minimum atomic E-state index is 0.255. The number of benzene rings is 3. The number of tetrazole rings is 1. The van der Waals surface area contributed by atoms with E-state index in [1.54, 1.807) is 6.20 Å². The SMILES string of the molecule is N#CC(=CNc1cccc(-c2cccc3ccccc23)c1)c1nn[nH]n1. The van der Waals surface area contributed by atoms with Crippen molar-refractivity contribution in [3.63, 3.8) is 0 Å². The molecule has 1 aromatic heterocycles. The molecule has 1 heterocycles. The highest BCUT2D eigenvalue weighted by Gasteiger charge is 2.06. The summed E-state index contributed by atoms with van der Waals surface area (Å²) in [7, 11) is 0. The van der Waals surface area contributed by atoms with Gasteiger partial charge in [-0.15, -0.1) is 10.2 Å². The third kappa shape index (κ3) is 3.01. The van der Waals surface area contributed by atoms with Crippen molar-refractivity contribution in [1.29, 1.82) is 5.26 Å². The summed E-state index contributed by atoms with van der Waals surface area (Å²) in [6.45, 7) is 0. The van der Waals surface area contributed by atoms with E-state index in [1.807, 2.05) is 30.3 Å². The molecule has 26 heavy (non-hydrogen) atoms. The van der Waals surface area contributed by atoms with Gasteiger partial charge in [0.2, 0.25) is 5.82 Å². The maximum Gasteiger partial charge on any atom is 0.216 e. The molecule has 2 N–H and O–H groups in total. The lowest BCUT2D eigenvalue weighted by Gasteiger charge is -2.09. The highest BCUT2D eigenvalue weighted by molar-refractivity contribution is 5.97. The van der Waals surface area contributed by atoms with E-state index < -0.39 is 0 Å². The zero-order valence-corrected chi connectivity index (χ0v) is 13.7. The Hall–Kier alpha value is -3.98. The molecule has 0 fully saturated rings. The Morgan fingerprint density at radius 1 is 1.04 bits per heavy atom. The van der Waals surface area contributed by atoms with Gasteiger partial charge >= 0.3 is 0 Å². The molecule has 0 aliphatic carbocycles. The van der Waals surface area contributed by atoms with Crippen molar-refractivity contribution in [2.45, 2.75) is 0 Å². The average Bonchev–Trinajstić information content (AvgIpc) is 3.23. The molecule has 124 valence electrons. The van der Waals surface area contributed by atoms with Crippen molar-refractivity contribution in [2.24, 2.45) is 0 Å². The summed E-state index contributed by atoms with van der Waals surface area (Å²) in [4.78, 5) is 0. The molecule has 0 aliphatic heterocycles. The molecular weight excluding hydrogens is 324 g/mol. The van der Waals surface area contributed by atoms with Crippen LogP contribution in [0.3, 0.4) is 0 Å². The summed E-state index contributed by atoms with van der Waals surface area (Å²) in [5.41, 5.74) is 3.42. The number of allylic oxidation sites excluding steroid dienone is 1. The van der Waals surface area contributed by atoms with Crippen molar-refractivity contribution in [3.8, 4) is 17.2 Å². The van der Waals surface area contributed by atoms with E-state index >= 15 is 0 Å². The van der Waals surface area contributed by atoms with Crippen molar-refractivity contribution in [2.75, 3.05) is 5.32 Å². The number of aromatic nitrogens is 4. The number of anilines is 1. The fourth-order valence-electron chi connectivity index (χ4n) is 2.83. The molecule has 0 unspecified atom stereocenters. The van der Waals surface area contributed by atoms with Gasteiger partial charge in [-0.2, -0.15) is 10.5 Å². The number of rotatable bonds is 4. The number of nitrogens with one attached hydrogen (secondary N) is 2. The normalized spacial score (nSPS) is 11.3. The van der Waals surface area contributed by atoms with Gasteiger partial charge in [0.25, 0.3) is 0 Å². The number of fused-ring (bicyclic) bond motifs is 1. The van der Waals surface area contributed by atoms with Crippen LogP contribution in [0.4, 0.5) is 5.69 Å². The molecular formula is C20H14N6. The number of hydrogen-bond acceptors (Lipinski definition) is 5. The standard InChI is InChI=1S/C20H14N6/c21-12-16(20-23-25-26-24-20)13-22-17-8-3-7-15(11-17)19-10-4-6-14-5-1-2-9-18(14)19/h1-11,13,22H,(H,23,24,25,26). The molecule has 0 saturated heterocycles. The predicted octanol–water partition coefficient (Wildman–Crippen LogP) is 4.00. The minimum Gasteiger partial charge on any atom is -0.360 e. The Morgan fingerprint density at radius 3 is 2.73 bits per heavy atom. The van der Waals surface area contributed by atoms with E-state index in [0.717, 1.165) is 16.8 Å². The van der Waals surface area contributed by atoms with Crippen LogP contribution in [0.1, 0.15) is 5.82 Å². The van der Waals surface area contributed by atoms with Crippen molar-refractivity contribution >= 4 is 22.0 Å². The second-order valence-corrected chi connectivity index (χ2v) is 5.66. The summed E-state index contributed by atoms with van der Waals surface area (Å²) in [6, 6.07) is 24.7. The fraction of sp³-hybridized carbons (Fsp3) is 0. The van der Waals surface area contributed by atoms with Gasteiger partial charge in [0.1, 0.15) is 11.6 Å². The molecule has 0 amide bonds. The molecule has 0 radical (unpaired) electrons. The Bertz CT molecular complexity index is 1120. The molecule has 0 aliphatic rings. The summed E-state index contributed by atoms with van der Waals surface area (Å²) in [6.07, 6.45) is 1.58. The summed E-state index contributed by atoms with van der Waals surface area (Å²) in [5.74, 6) is 0.255. The van der Waals surface area contributed by atoms with Gasteiger partial charge < -0.3 is 5.32 Å². The first-order valence-corrected chi connectivity index (χ1v) is 8.04. The minimum absolute atomic E-state index is 0.255. The second-order valence-electron chi connectivity index (χ2n) is 5.66. The number of H-pyrrole nitrogens is 1. The molecule has 6 heteroatoms. The first-order chi connectivity index (χ1) is 12.8. The Balaban J connectivity index is 1.68. The van der Waals surface area contributed by atoms with Gasteiger partial charge in [-0.3, -0.25) is 0 Å². The smallest absolute Gasteiger partial charge is 0.216 e. The van der Waals surface area contributed by atoms with E-state index in [2.05, 4.69) is 68.4 Å². The van der Waals surface area contributed by atoms with E-state index in [-0.39, 0.29) is 5.82 Å². The molecule has 0 bridgehead atoms. The quantitative estimate of drug-likeness (QED) is 0.549. The van der Waals surface area contributed by atoms with Gasteiger partial charge in [-0.05, 0) is 39.2 Å².